The number of ether oxygens (including phenoxy) is 2. The number of phenols is 1. The summed E-state index contributed by atoms with van der Waals surface area (Å²) in [5.74, 6) is 1.14. The predicted molar refractivity (Wildman–Crippen MR) is 104 cm³/mol. The van der Waals surface area contributed by atoms with E-state index < -0.39 is 5.82 Å². The Hall–Kier alpha value is -3.55. The molecule has 8 heteroatoms. The number of hydrogen-bond donors (Lipinski definition) is 3. The lowest BCUT2D eigenvalue weighted by Crippen LogP contribution is -2.15. The van der Waals surface area contributed by atoms with E-state index in [1.165, 1.54) is 0 Å². The molecule has 2 heterocycles. The lowest BCUT2D eigenvalue weighted by Gasteiger charge is -2.19. The molecule has 0 fully saturated rings. The number of aryl methyl sites for hydroxylation is 2. The molecule has 0 aliphatic carbocycles. The fraction of sp³-hybridized carbons (Fsp3) is 0.200. The number of hydrogen-bond acceptors (Lipinski definition) is 7. The SMILES string of the molecule is Cc1cc(Nc2ncc(F)c(Nc3ccc4c(c3)OCCO4)n2)c(C)cc1O. The lowest BCUT2D eigenvalue weighted by molar-refractivity contribution is 0.171. The zero-order chi connectivity index (χ0) is 19.7. The first-order valence-corrected chi connectivity index (χ1v) is 8.76. The van der Waals surface area contributed by atoms with Gasteiger partial charge in [0.2, 0.25) is 5.95 Å². The minimum Gasteiger partial charge on any atom is -0.508 e. The predicted octanol–water partition coefficient (Wildman–Crippen LogP) is 4.20. The van der Waals surface area contributed by atoms with E-state index in [-0.39, 0.29) is 17.5 Å². The van der Waals surface area contributed by atoms with E-state index >= 15 is 0 Å². The second-order valence-corrected chi connectivity index (χ2v) is 6.45. The van der Waals surface area contributed by atoms with Crippen LogP contribution in [0.1, 0.15) is 11.1 Å². The fourth-order valence-electron chi connectivity index (χ4n) is 2.83. The molecule has 0 atom stereocenters. The number of benzene rings is 2. The van der Waals surface area contributed by atoms with Crippen LogP contribution in [0, 0.1) is 19.7 Å². The molecule has 0 saturated heterocycles. The van der Waals surface area contributed by atoms with Crippen molar-refractivity contribution < 1.29 is 19.0 Å². The molecule has 3 N–H and O–H groups in total. The maximum absolute atomic E-state index is 14.2. The number of aromatic hydroxyl groups is 1. The molecule has 1 aliphatic heterocycles. The van der Waals surface area contributed by atoms with E-state index in [0.717, 1.165) is 17.4 Å². The van der Waals surface area contributed by atoms with E-state index in [2.05, 4.69) is 20.6 Å². The van der Waals surface area contributed by atoms with Gasteiger partial charge in [0, 0.05) is 17.4 Å². The number of anilines is 4. The van der Waals surface area contributed by atoms with E-state index in [1.807, 2.05) is 6.92 Å². The van der Waals surface area contributed by atoms with Gasteiger partial charge in [0.15, 0.2) is 23.1 Å². The van der Waals surface area contributed by atoms with Gasteiger partial charge in [-0.25, -0.2) is 9.37 Å². The first-order chi connectivity index (χ1) is 13.5. The third-order valence-electron chi connectivity index (χ3n) is 4.34. The Morgan fingerprint density at radius 1 is 1.00 bits per heavy atom. The lowest BCUT2D eigenvalue weighted by atomic mass is 10.1. The monoisotopic (exact) mass is 382 g/mol. The third-order valence-corrected chi connectivity index (χ3v) is 4.34. The van der Waals surface area contributed by atoms with E-state index in [0.29, 0.717) is 36.0 Å². The average Bonchev–Trinajstić information content (AvgIpc) is 2.68. The number of rotatable bonds is 4. The molecule has 2 aromatic carbocycles. The van der Waals surface area contributed by atoms with E-state index in [1.54, 1.807) is 37.3 Å². The van der Waals surface area contributed by atoms with Crippen LogP contribution in [-0.4, -0.2) is 28.3 Å². The first-order valence-electron chi connectivity index (χ1n) is 8.76. The summed E-state index contributed by atoms with van der Waals surface area (Å²) in [7, 11) is 0. The Labute approximate surface area is 161 Å². The van der Waals surface area contributed by atoms with Crippen LogP contribution in [0.2, 0.25) is 0 Å². The van der Waals surface area contributed by atoms with Crippen LogP contribution < -0.4 is 20.1 Å². The zero-order valence-corrected chi connectivity index (χ0v) is 15.4. The highest BCUT2D eigenvalue weighted by Gasteiger charge is 2.14. The van der Waals surface area contributed by atoms with Crippen LogP contribution in [0.5, 0.6) is 17.2 Å². The Morgan fingerprint density at radius 2 is 1.79 bits per heavy atom. The summed E-state index contributed by atoms with van der Waals surface area (Å²) in [5.41, 5.74) is 2.87. The molecule has 144 valence electrons. The molecule has 0 radical (unpaired) electrons. The highest BCUT2D eigenvalue weighted by atomic mass is 19.1. The van der Waals surface area contributed by atoms with Gasteiger partial charge in [-0.2, -0.15) is 4.98 Å². The van der Waals surface area contributed by atoms with Crippen LogP contribution in [0.25, 0.3) is 0 Å². The molecule has 28 heavy (non-hydrogen) atoms. The number of halogens is 1. The Balaban J connectivity index is 1.58. The van der Waals surface area contributed by atoms with Crippen molar-refractivity contribution in [2.24, 2.45) is 0 Å². The van der Waals surface area contributed by atoms with Gasteiger partial charge in [-0.05, 0) is 49.2 Å². The van der Waals surface area contributed by atoms with Crippen molar-refractivity contribution in [1.29, 1.82) is 0 Å². The van der Waals surface area contributed by atoms with E-state index in [4.69, 9.17) is 9.47 Å². The van der Waals surface area contributed by atoms with Gasteiger partial charge in [-0.3, -0.25) is 0 Å². The Bertz CT molecular complexity index is 1040. The molecule has 0 saturated carbocycles. The minimum absolute atomic E-state index is 0.0299. The number of phenolic OH excluding ortho intramolecular Hbond substituents is 1. The second kappa shape index (κ2) is 7.22. The summed E-state index contributed by atoms with van der Waals surface area (Å²) in [6, 6.07) is 8.69. The smallest absolute Gasteiger partial charge is 0.229 e. The Morgan fingerprint density at radius 3 is 2.61 bits per heavy atom. The van der Waals surface area contributed by atoms with Crippen molar-refractivity contribution >= 4 is 23.1 Å². The maximum atomic E-state index is 14.2. The summed E-state index contributed by atoms with van der Waals surface area (Å²) in [4.78, 5) is 8.22. The van der Waals surface area contributed by atoms with Crippen molar-refractivity contribution in [3.63, 3.8) is 0 Å². The average molecular weight is 382 g/mol. The van der Waals surface area contributed by atoms with Gasteiger partial charge in [0.25, 0.3) is 0 Å². The molecule has 7 nitrogen and oxygen atoms in total. The number of fused-ring (bicyclic) bond motifs is 1. The van der Waals surface area contributed by atoms with Gasteiger partial charge >= 0.3 is 0 Å². The molecular weight excluding hydrogens is 363 g/mol. The zero-order valence-electron chi connectivity index (χ0n) is 15.4. The molecule has 0 unspecified atom stereocenters. The normalized spacial score (nSPS) is 12.5. The maximum Gasteiger partial charge on any atom is 0.229 e. The Kier molecular flexibility index (Phi) is 4.60. The molecule has 0 spiro atoms. The molecule has 1 aromatic heterocycles. The summed E-state index contributed by atoms with van der Waals surface area (Å²) >= 11 is 0. The summed E-state index contributed by atoms with van der Waals surface area (Å²) in [6.45, 7) is 4.61. The van der Waals surface area contributed by atoms with Crippen molar-refractivity contribution in [2.75, 3.05) is 23.8 Å². The van der Waals surface area contributed by atoms with Crippen LogP contribution in [0.3, 0.4) is 0 Å². The van der Waals surface area contributed by atoms with Crippen LogP contribution in [-0.2, 0) is 0 Å². The van der Waals surface area contributed by atoms with Crippen LogP contribution in [0.15, 0.2) is 36.5 Å². The quantitative estimate of drug-likeness (QED) is 0.583. The summed E-state index contributed by atoms with van der Waals surface area (Å²) < 4.78 is 25.3. The van der Waals surface area contributed by atoms with E-state index in [9.17, 15) is 9.50 Å². The van der Waals surface area contributed by atoms with Gasteiger partial charge < -0.3 is 25.2 Å². The van der Waals surface area contributed by atoms with Gasteiger partial charge in [0.1, 0.15) is 19.0 Å². The molecular formula is C20H19FN4O3. The van der Waals surface area contributed by atoms with Crippen molar-refractivity contribution in [3.8, 4) is 17.2 Å². The molecule has 3 aromatic rings. The topological polar surface area (TPSA) is 88.5 Å². The van der Waals surface area contributed by atoms with Crippen LogP contribution in [0.4, 0.5) is 27.5 Å². The van der Waals surface area contributed by atoms with Gasteiger partial charge in [-0.1, -0.05) is 0 Å². The van der Waals surface area contributed by atoms with Crippen LogP contribution >= 0.6 is 0 Å². The standard InChI is InChI=1S/C20H19FN4O3/c1-11-8-16(26)12(2)7-15(11)24-20-22-10-14(21)19(25-20)23-13-3-4-17-18(9-13)28-6-5-27-17/h3-4,7-10,26H,5-6H2,1-2H3,(H2,22,23,24,25). The number of nitrogens with zero attached hydrogens (tertiary/aromatic N) is 2. The number of aromatic nitrogens is 2. The highest BCUT2D eigenvalue weighted by Crippen LogP contribution is 2.34. The summed E-state index contributed by atoms with van der Waals surface area (Å²) in [6.07, 6.45) is 1.10. The minimum atomic E-state index is -0.584. The largest absolute Gasteiger partial charge is 0.508 e. The molecule has 1 aliphatic rings. The summed E-state index contributed by atoms with van der Waals surface area (Å²) in [5, 5.41) is 15.8. The highest BCUT2D eigenvalue weighted by molar-refractivity contribution is 5.65. The molecule has 0 bridgehead atoms. The molecule has 4 rings (SSSR count). The first kappa shape index (κ1) is 17.8. The third kappa shape index (κ3) is 3.62. The number of nitrogens with one attached hydrogen (secondary N) is 2. The fourth-order valence-corrected chi connectivity index (χ4v) is 2.83. The molecule has 0 amide bonds. The second-order valence-electron chi connectivity index (χ2n) is 6.45. The van der Waals surface area contributed by atoms with Crippen molar-refractivity contribution in [1.82, 2.24) is 9.97 Å². The van der Waals surface area contributed by atoms with Crippen molar-refractivity contribution in [2.45, 2.75) is 13.8 Å². The van der Waals surface area contributed by atoms with Gasteiger partial charge in [0.05, 0.1) is 6.20 Å². The van der Waals surface area contributed by atoms with Crippen molar-refractivity contribution in [3.05, 3.63) is 53.5 Å². The van der Waals surface area contributed by atoms with Gasteiger partial charge in [-0.15, -0.1) is 0 Å².